The fourth-order valence-electron chi connectivity index (χ4n) is 0.338. The molecule has 0 saturated carbocycles. The first-order chi connectivity index (χ1) is 6.21. The molecule has 0 spiro atoms. The first-order valence-electron chi connectivity index (χ1n) is 2.79. The second-order valence-electron chi connectivity index (χ2n) is 2.24. The Kier molecular flexibility index (Phi) is 3.95. The van der Waals surface area contributed by atoms with Gasteiger partial charge >= 0.3 is 9.43 Å². The highest BCUT2D eigenvalue weighted by molar-refractivity contribution is 8.10. The quantitative estimate of drug-likeness (QED) is 0.580. The summed E-state index contributed by atoms with van der Waals surface area (Å²) in [5.41, 5.74) is 0. The Hall–Kier alpha value is 0.200. The molecule has 92 valence electrons. The van der Waals surface area contributed by atoms with E-state index in [0.717, 1.165) is 0 Å². The average molecular weight is 313 g/mol. The molecule has 12 heteroatoms. The van der Waals surface area contributed by atoms with Gasteiger partial charge in [0, 0.05) is 0 Å². The smallest absolute Gasteiger partial charge is 0.220 e. The molecule has 0 aliphatic heterocycles. The predicted molar refractivity (Wildman–Crippen MR) is 44.3 cm³/mol. The minimum atomic E-state index is -5.76. The van der Waals surface area contributed by atoms with E-state index in [1.807, 2.05) is 0 Å². The van der Waals surface area contributed by atoms with E-state index in [4.69, 9.17) is 0 Å². The predicted octanol–water partition coefficient (Wildman–Crippen LogP) is 1.35. The zero-order valence-electron chi connectivity index (χ0n) is 6.42. The van der Waals surface area contributed by atoms with Gasteiger partial charge in [-0.05, 0) is 23.2 Å². The minimum absolute atomic E-state index is 2.55. The first kappa shape index (κ1) is 15.2. The van der Waals surface area contributed by atoms with Crippen molar-refractivity contribution in [2.24, 2.45) is 0 Å². The van der Waals surface area contributed by atoms with E-state index in [-0.39, 0.29) is 0 Å². The van der Waals surface area contributed by atoms with Gasteiger partial charge in [0.15, 0.2) is 5.08 Å². The molecule has 0 fully saturated rings. The van der Waals surface area contributed by atoms with E-state index in [0.29, 0.717) is 0 Å². The van der Waals surface area contributed by atoms with Crippen LogP contribution in [0, 0.1) is 0 Å². The molecule has 0 atom stereocenters. The van der Waals surface area contributed by atoms with Crippen LogP contribution in [0.2, 0.25) is 0 Å². The van der Waals surface area contributed by atoms with Crippen LogP contribution in [0.15, 0.2) is 0 Å². The fourth-order valence-corrected chi connectivity index (χ4v) is 3.84. The number of sulfone groups is 2. The van der Waals surface area contributed by atoms with E-state index >= 15 is 0 Å². The molecule has 0 aliphatic rings. The van der Waals surface area contributed by atoms with Crippen LogP contribution in [0.3, 0.4) is 0 Å². The maximum atomic E-state index is 12.0. The van der Waals surface area contributed by atoms with Crippen LogP contribution >= 0.6 is 23.2 Å². The normalized spacial score (nSPS) is 15.3. The van der Waals surface area contributed by atoms with Gasteiger partial charge in [0.1, 0.15) is 0 Å². The molecule has 0 rings (SSSR count). The van der Waals surface area contributed by atoms with Crippen molar-refractivity contribution in [1.29, 1.82) is 0 Å². The third-order valence-electron chi connectivity index (χ3n) is 1.02. The van der Waals surface area contributed by atoms with Gasteiger partial charge in [0.25, 0.3) is 0 Å². The lowest BCUT2D eigenvalue weighted by atomic mass is 11.6. The summed E-state index contributed by atoms with van der Waals surface area (Å²) in [6.45, 7) is 0. The maximum Gasteiger partial charge on any atom is 0.423 e. The molecular formula is C3H2Cl2F4O4S2. The van der Waals surface area contributed by atoms with E-state index in [2.05, 4.69) is 23.2 Å². The monoisotopic (exact) mass is 312 g/mol. The minimum Gasteiger partial charge on any atom is -0.220 e. The van der Waals surface area contributed by atoms with Crippen molar-refractivity contribution in [1.82, 2.24) is 0 Å². The lowest BCUT2D eigenvalue weighted by Gasteiger charge is -2.12. The summed E-state index contributed by atoms with van der Waals surface area (Å²) in [7, 11) is -11.5. The van der Waals surface area contributed by atoms with Gasteiger partial charge in [0.2, 0.25) is 19.7 Å². The lowest BCUT2D eigenvalue weighted by molar-refractivity contribution is 0.183. The maximum absolute atomic E-state index is 12.0. The van der Waals surface area contributed by atoms with Crippen molar-refractivity contribution in [2.75, 3.05) is 5.08 Å². The van der Waals surface area contributed by atoms with E-state index in [1.165, 1.54) is 0 Å². The SMILES string of the molecule is O=S(=O)(CS(=O)(=O)C(F)(F)Cl)C(F)(F)Cl. The fraction of sp³-hybridized carbons (Fsp3) is 1.00. The van der Waals surface area contributed by atoms with Crippen molar-refractivity contribution < 1.29 is 34.4 Å². The van der Waals surface area contributed by atoms with Gasteiger partial charge in [-0.3, -0.25) is 0 Å². The lowest BCUT2D eigenvalue weighted by Crippen LogP contribution is -2.35. The molecule has 4 nitrogen and oxygen atoms in total. The van der Waals surface area contributed by atoms with Gasteiger partial charge in [-0.1, -0.05) is 0 Å². The van der Waals surface area contributed by atoms with Crippen LogP contribution in [0.1, 0.15) is 0 Å². The van der Waals surface area contributed by atoms with Crippen LogP contribution in [0.25, 0.3) is 0 Å². The molecule has 15 heavy (non-hydrogen) atoms. The van der Waals surface area contributed by atoms with Crippen LogP contribution in [-0.2, 0) is 19.7 Å². The Morgan fingerprint density at radius 1 is 0.800 bits per heavy atom. The van der Waals surface area contributed by atoms with E-state index in [1.54, 1.807) is 0 Å². The Labute approximate surface area is 92.0 Å². The number of hydrogen-bond donors (Lipinski definition) is 0. The highest BCUT2D eigenvalue weighted by Gasteiger charge is 2.52. The van der Waals surface area contributed by atoms with Crippen molar-refractivity contribution in [3.05, 3.63) is 0 Å². The van der Waals surface area contributed by atoms with Crippen molar-refractivity contribution in [3.8, 4) is 0 Å². The van der Waals surface area contributed by atoms with Crippen LogP contribution in [0.4, 0.5) is 17.6 Å². The van der Waals surface area contributed by atoms with Crippen molar-refractivity contribution >= 4 is 42.9 Å². The zero-order valence-corrected chi connectivity index (χ0v) is 9.57. The Morgan fingerprint density at radius 3 is 1.13 bits per heavy atom. The van der Waals surface area contributed by atoms with Gasteiger partial charge < -0.3 is 0 Å². The standard InChI is InChI=1S/C3H2Cl2F4O4S2/c4-2(6,7)14(10,11)1-15(12,13)3(5,8)9/h1H2. The summed E-state index contributed by atoms with van der Waals surface area (Å²) in [4.78, 5) is 0. The highest BCUT2D eigenvalue weighted by Crippen LogP contribution is 2.33. The second-order valence-corrected chi connectivity index (χ2v) is 8.06. The largest absolute Gasteiger partial charge is 0.423 e. The summed E-state index contributed by atoms with van der Waals surface area (Å²) in [5, 5.41) is -2.55. The molecule has 0 unspecified atom stereocenters. The first-order valence-corrected chi connectivity index (χ1v) is 6.85. The molecule has 0 aromatic rings. The third kappa shape index (κ3) is 3.61. The molecular weight excluding hydrogens is 311 g/mol. The molecule has 0 aliphatic carbocycles. The average Bonchev–Trinajstić information content (AvgIpc) is 1.77. The Bertz CT molecular complexity index is 387. The third-order valence-corrected chi connectivity index (χ3v) is 6.32. The summed E-state index contributed by atoms with van der Waals surface area (Å²) in [5.74, 6) is 0. The molecule has 0 N–H and O–H groups in total. The summed E-state index contributed by atoms with van der Waals surface area (Å²) in [6, 6.07) is 0. The number of halogens is 6. The van der Waals surface area contributed by atoms with Gasteiger partial charge in [-0.25, -0.2) is 16.8 Å². The Balaban J connectivity index is 5.28. The van der Waals surface area contributed by atoms with Crippen molar-refractivity contribution in [2.45, 2.75) is 9.43 Å². The summed E-state index contributed by atoms with van der Waals surface area (Å²) < 4.78 is 80.1. The molecule has 0 bridgehead atoms. The molecule has 0 aromatic carbocycles. The van der Waals surface area contributed by atoms with Crippen LogP contribution in [-0.4, -0.2) is 31.3 Å². The summed E-state index contributed by atoms with van der Waals surface area (Å²) >= 11 is 8.01. The molecule has 0 heterocycles. The number of rotatable bonds is 4. The molecule has 0 amide bonds. The second kappa shape index (κ2) is 3.90. The summed E-state index contributed by atoms with van der Waals surface area (Å²) in [6.07, 6.45) is 0. The zero-order chi connectivity index (χ0) is 12.7. The van der Waals surface area contributed by atoms with Gasteiger partial charge in [0.05, 0.1) is 0 Å². The van der Waals surface area contributed by atoms with E-state index in [9.17, 15) is 34.4 Å². The number of hydrogen-bond acceptors (Lipinski definition) is 4. The molecule has 0 aromatic heterocycles. The Morgan fingerprint density at radius 2 is 1.00 bits per heavy atom. The van der Waals surface area contributed by atoms with Crippen LogP contribution < -0.4 is 0 Å². The van der Waals surface area contributed by atoms with Gasteiger partial charge in [-0.15, -0.1) is 0 Å². The molecule has 0 radical (unpaired) electrons. The van der Waals surface area contributed by atoms with E-state index < -0.39 is 34.2 Å². The van der Waals surface area contributed by atoms with Crippen LogP contribution in [0.5, 0.6) is 0 Å². The van der Waals surface area contributed by atoms with Gasteiger partial charge in [-0.2, -0.15) is 17.6 Å². The van der Waals surface area contributed by atoms with Crippen molar-refractivity contribution in [3.63, 3.8) is 0 Å². The highest BCUT2D eigenvalue weighted by atomic mass is 35.5. The topological polar surface area (TPSA) is 68.3 Å². The molecule has 0 saturated heterocycles. The number of alkyl halides is 6.